The molecular formula is C26H23BrFN3O2. The highest BCUT2D eigenvalue weighted by Crippen LogP contribution is 2.25. The fourth-order valence-corrected chi connectivity index (χ4v) is 3.93. The number of rotatable bonds is 7. The van der Waals surface area contributed by atoms with Gasteiger partial charge in [0.1, 0.15) is 18.2 Å². The molecule has 0 radical (unpaired) electrons. The van der Waals surface area contributed by atoms with Gasteiger partial charge in [0, 0.05) is 11.1 Å². The number of benzene rings is 3. The molecule has 0 aliphatic carbocycles. The Labute approximate surface area is 200 Å². The van der Waals surface area contributed by atoms with Gasteiger partial charge >= 0.3 is 0 Å². The van der Waals surface area contributed by atoms with Crippen LogP contribution < -0.4 is 10.1 Å². The lowest BCUT2D eigenvalue weighted by atomic mass is 10.1. The van der Waals surface area contributed by atoms with Gasteiger partial charge in [-0.25, -0.2) is 4.39 Å². The van der Waals surface area contributed by atoms with Gasteiger partial charge in [0.2, 0.25) is 0 Å². The molecule has 0 saturated carbocycles. The number of anilines is 1. The topological polar surface area (TPSA) is 56.2 Å². The number of hydrogen-bond acceptors (Lipinski definition) is 3. The second-order valence-corrected chi connectivity index (χ2v) is 8.52. The zero-order valence-electron chi connectivity index (χ0n) is 18.3. The van der Waals surface area contributed by atoms with Crippen LogP contribution in [0.25, 0.3) is 0 Å². The highest BCUT2D eigenvalue weighted by Gasteiger charge is 2.16. The predicted octanol–water partition coefficient (Wildman–Crippen LogP) is 6.28. The van der Waals surface area contributed by atoms with Crippen LogP contribution in [0.3, 0.4) is 0 Å². The van der Waals surface area contributed by atoms with Gasteiger partial charge in [-0.05, 0) is 65.7 Å². The number of nitrogens with one attached hydrogen (secondary N) is 1. The molecule has 3 aromatic carbocycles. The van der Waals surface area contributed by atoms with Crippen molar-refractivity contribution in [3.05, 3.63) is 111 Å². The third kappa shape index (κ3) is 5.31. The van der Waals surface area contributed by atoms with Gasteiger partial charge < -0.3 is 10.1 Å². The molecule has 4 rings (SSSR count). The lowest BCUT2D eigenvalue weighted by molar-refractivity contribution is 0.102. The van der Waals surface area contributed by atoms with Crippen LogP contribution in [-0.4, -0.2) is 15.7 Å². The van der Waals surface area contributed by atoms with E-state index in [1.54, 1.807) is 35.0 Å². The zero-order chi connectivity index (χ0) is 23.4. The summed E-state index contributed by atoms with van der Waals surface area (Å²) in [5.74, 6) is 0.215. The molecule has 5 nitrogen and oxygen atoms in total. The summed E-state index contributed by atoms with van der Waals surface area (Å²) in [6.45, 7) is 4.31. The summed E-state index contributed by atoms with van der Waals surface area (Å²) in [6, 6.07) is 21.5. The second-order valence-electron chi connectivity index (χ2n) is 7.67. The zero-order valence-corrected chi connectivity index (χ0v) is 19.9. The van der Waals surface area contributed by atoms with Crippen LogP contribution in [0.5, 0.6) is 5.75 Å². The first-order valence-corrected chi connectivity index (χ1v) is 11.3. The summed E-state index contributed by atoms with van der Waals surface area (Å²) < 4.78 is 22.5. The normalized spacial score (nSPS) is 10.8. The molecule has 0 aliphatic heterocycles. The minimum Gasteiger partial charge on any atom is -0.488 e. The second kappa shape index (κ2) is 10.0. The van der Waals surface area contributed by atoms with Crippen LogP contribution in [0.1, 0.15) is 32.9 Å². The van der Waals surface area contributed by atoms with E-state index in [0.29, 0.717) is 29.1 Å². The minimum absolute atomic E-state index is 0.241. The van der Waals surface area contributed by atoms with Crippen molar-refractivity contribution in [3.8, 4) is 5.75 Å². The molecule has 33 heavy (non-hydrogen) atoms. The lowest BCUT2D eigenvalue weighted by Crippen LogP contribution is -2.14. The number of nitrogens with zero attached hydrogens (tertiary/aromatic N) is 2. The van der Waals surface area contributed by atoms with Gasteiger partial charge in [0.15, 0.2) is 0 Å². The van der Waals surface area contributed by atoms with Crippen LogP contribution in [0.4, 0.5) is 10.1 Å². The molecule has 0 saturated heterocycles. The molecule has 1 N–H and O–H groups in total. The van der Waals surface area contributed by atoms with E-state index in [2.05, 4.69) is 26.3 Å². The highest BCUT2D eigenvalue weighted by molar-refractivity contribution is 9.10. The maximum atomic E-state index is 14.1. The van der Waals surface area contributed by atoms with Crippen molar-refractivity contribution in [3.63, 3.8) is 0 Å². The van der Waals surface area contributed by atoms with Gasteiger partial charge in [-0.1, -0.05) is 42.5 Å². The Morgan fingerprint density at radius 3 is 2.61 bits per heavy atom. The molecule has 7 heteroatoms. The molecule has 1 aromatic heterocycles. The number of ether oxygens (including phenoxy) is 1. The predicted molar refractivity (Wildman–Crippen MR) is 130 cm³/mol. The number of amides is 1. The lowest BCUT2D eigenvalue weighted by Gasteiger charge is -2.10. The molecule has 1 heterocycles. The first-order valence-electron chi connectivity index (χ1n) is 10.5. The van der Waals surface area contributed by atoms with Gasteiger partial charge in [-0.15, -0.1) is 0 Å². The van der Waals surface area contributed by atoms with E-state index < -0.39 is 0 Å². The van der Waals surface area contributed by atoms with Crippen LogP contribution in [-0.2, 0) is 13.2 Å². The third-order valence-corrected chi connectivity index (χ3v) is 5.97. The fourth-order valence-electron chi connectivity index (χ4n) is 3.53. The first-order chi connectivity index (χ1) is 15.9. The van der Waals surface area contributed by atoms with Crippen molar-refractivity contribution in [2.45, 2.75) is 27.0 Å². The van der Waals surface area contributed by atoms with Crippen molar-refractivity contribution >= 4 is 27.5 Å². The molecule has 0 fully saturated rings. The number of para-hydroxylation sites is 1. The molecule has 0 unspecified atom stereocenters. The average molecular weight is 508 g/mol. The van der Waals surface area contributed by atoms with Crippen molar-refractivity contribution in [2.24, 2.45) is 0 Å². The van der Waals surface area contributed by atoms with E-state index in [9.17, 15) is 9.18 Å². The summed E-state index contributed by atoms with van der Waals surface area (Å²) in [5, 5.41) is 7.45. The Kier molecular flexibility index (Phi) is 6.89. The summed E-state index contributed by atoms with van der Waals surface area (Å²) in [7, 11) is 0. The van der Waals surface area contributed by atoms with Crippen molar-refractivity contribution in [1.29, 1.82) is 0 Å². The van der Waals surface area contributed by atoms with Crippen molar-refractivity contribution in [2.75, 3.05) is 5.32 Å². The number of carbonyl (C=O) groups is 1. The van der Waals surface area contributed by atoms with Crippen molar-refractivity contribution in [1.82, 2.24) is 9.78 Å². The van der Waals surface area contributed by atoms with Gasteiger partial charge in [0.25, 0.3) is 5.91 Å². The van der Waals surface area contributed by atoms with E-state index in [4.69, 9.17) is 4.74 Å². The van der Waals surface area contributed by atoms with Gasteiger partial charge in [-0.2, -0.15) is 5.10 Å². The summed E-state index contributed by atoms with van der Waals surface area (Å²) in [4.78, 5) is 13.0. The summed E-state index contributed by atoms with van der Waals surface area (Å²) in [6.07, 6.45) is 0. The molecule has 168 valence electrons. The van der Waals surface area contributed by atoms with Crippen LogP contribution in [0, 0.1) is 19.7 Å². The Hall–Kier alpha value is -3.45. The molecule has 0 bridgehead atoms. The Bertz CT molecular complexity index is 1300. The summed E-state index contributed by atoms with van der Waals surface area (Å²) >= 11 is 3.47. The van der Waals surface area contributed by atoms with Crippen LogP contribution >= 0.6 is 15.9 Å². The number of hydrogen-bond donors (Lipinski definition) is 1. The number of aryl methyl sites for hydroxylation is 1. The summed E-state index contributed by atoms with van der Waals surface area (Å²) in [5.41, 5.74) is 4.00. The monoisotopic (exact) mass is 507 g/mol. The van der Waals surface area contributed by atoms with Crippen molar-refractivity contribution < 1.29 is 13.9 Å². The number of aromatic nitrogens is 2. The SMILES string of the molecule is Cc1nn(Cc2ccccc2F)c(C)c1NC(=O)c1cccc(COc2ccccc2Br)c1. The van der Waals surface area contributed by atoms with Gasteiger partial charge in [0.05, 0.1) is 28.1 Å². The maximum Gasteiger partial charge on any atom is 0.255 e. The molecule has 1 amide bonds. The van der Waals surface area contributed by atoms with E-state index in [1.165, 1.54) is 6.07 Å². The van der Waals surface area contributed by atoms with E-state index in [1.807, 2.05) is 50.2 Å². The average Bonchev–Trinajstić information content (AvgIpc) is 3.07. The van der Waals surface area contributed by atoms with E-state index in [-0.39, 0.29) is 18.3 Å². The molecule has 0 atom stereocenters. The maximum absolute atomic E-state index is 14.1. The number of halogens is 2. The fraction of sp³-hybridized carbons (Fsp3) is 0.154. The van der Waals surface area contributed by atoms with E-state index in [0.717, 1.165) is 21.5 Å². The smallest absolute Gasteiger partial charge is 0.255 e. The Morgan fingerprint density at radius 1 is 1.06 bits per heavy atom. The van der Waals surface area contributed by atoms with Gasteiger partial charge in [-0.3, -0.25) is 9.48 Å². The number of carbonyl (C=O) groups excluding carboxylic acids is 1. The molecule has 0 spiro atoms. The molecular weight excluding hydrogens is 485 g/mol. The molecule has 0 aliphatic rings. The Morgan fingerprint density at radius 2 is 1.82 bits per heavy atom. The standard InChI is InChI=1S/C26H23BrFN3O2/c1-17-25(18(2)31(30-17)15-21-9-3-5-12-23(21)28)29-26(32)20-10-7-8-19(14-20)16-33-24-13-6-4-11-22(24)27/h3-14H,15-16H2,1-2H3,(H,29,32). The Balaban J connectivity index is 1.47. The molecule has 4 aromatic rings. The van der Waals surface area contributed by atoms with Crippen LogP contribution in [0.15, 0.2) is 77.3 Å². The van der Waals surface area contributed by atoms with Crippen LogP contribution in [0.2, 0.25) is 0 Å². The highest BCUT2D eigenvalue weighted by atomic mass is 79.9. The quantitative estimate of drug-likeness (QED) is 0.320. The largest absolute Gasteiger partial charge is 0.488 e. The first kappa shape index (κ1) is 22.7. The minimum atomic E-state index is -0.280. The third-order valence-electron chi connectivity index (χ3n) is 5.32. The van der Waals surface area contributed by atoms with E-state index >= 15 is 0 Å².